The first kappa shape index (κ1) is 20.2. The van der Waals surface area contributed by atoms with Crippen molar-refractivity contribution in [3.8, 4) is 11.1 Å². The predicted octanol–water partition coefficient (Wildman–Crippen LogP) is 2.98. The van der Waals surface area contributed by atoms with E-state index in [0.717, 1.165) is 29.8 Å². The van der Waals surface area contributed by atoms with Crippen molar-refractivity contribution in [1.29, 1.82) is 0 Å². The van der Waals surface area contributed by atoms with E-state index in [0.29, 0.717) is 5.56 Å². The maximum atomic E-state index is 14.0. The van der Waals surface area contributed by atoms with Crippen LogP contribution in [0.15, 0.2) is 76.5 Å². The molecule has 146 valence electrons. The molecule has 6 nitrogen and oxygen atoms in total. The Morgan fingerprint density at radius 1 is 0.857 bits per heavy atom. The minimum Gasteiger partial charge on any atom is -0.282 e. The Morgan fingerprint density at radius 3 is 2.11 bits per heavy atom. The van der Waals surface area contributed by atoms with Gasteiger partial charge in [-0.15, -0.1) is 0 Å². The lowest BCUT2D eigenvalue weighted by molar-refractivity contribution is 0.483. The summed E-state index contributed by atoms with van der Waals surface area (Å²) in [5, 5.41) is 5.25. The third kappa shape index (κ3) is 4.28. The number of benzene rings is 3. The van der Waals surface area contributed by atoms with Crippen molar-refractivity contribution >= 4 is 20.1 Å². The summed E-state index contributed by atoms with van der Waals surface area (Å²) in [4.78, 5) is -1.19. The molecule has 3 N–H and O–H groups in total. The first-order chi connectivity index (χ1) is 13.1. The van der Waals surface area contributed by atoms with E-state index in [1.807, 2.05) is 18.2 Å². The lowest BCUT2D eigenvalue weighted by Crippen LogP contribution is -2.16. The molecule has 0 amide bonds. The molecule has 0 aromatic heterocycles. The average Bonchev–Trinajstić information content (AvgIpc) is 2.62. The van der Waals surface area contributed by atoms with Crippen molar-refractivity contribution in [2.75, 3.05) is 0 Å². The van der Waals surface area contributed by atoms with Gasteiger partial charge >= 0.3 is 0 Å². The average molecular weight is 421 g/mol. The third-order valence-corrected chi connectivity index (χ3v) is 6.00. The summed E-state index contributed by atoms with van der Waals surface area (Å²) in [6, 6.07) is 16.0. The lowest BCUT2D eigenvalue weighted by atomic mass is 9.94. The molecule has 0 bridgehead atoms. The van der Waals surface area contributed by atoms with Gasteiger partial charge in [0.2, 0.25) is 10.0 Å². The highest BCUT2D eigenvalue weighted by atomic mass is 32.2. The Balaban J connectivity index is 2.36. The second-order valence-electron chi connectivity index (χ2n) is 6.11. The maximum absolute atomic E-state index is 14.0. The van der Waals surface area contributed by atoms with Crippen LogP contribution in [0.1, 0.15) is 11.1 Å². The van der Waals surface area contributed by atoms with E-state index in [1.165, 1.54) is 12.1 Å². The maximum Gasteiger partial charge on any atom is 0.295 e. The SMILES string of the molecule is NS(=O)(=O)c1cccc(S(=O)(=O)O)c1-c1cc(F)ccc1Cc1ccccc1. The number of hydrogen-bond acceptors (Lipinski definition) is 4. The van der Waals surface area contributed by atoms with Crippen LogP contribution in [0.3, 0.4) is 0 Å². The Morgan fingerprint density at radius 2 is 1.50 bits per heavy atom. The fourth-order valence-corrected chi connectivity index (χ4v) is 4.55. The Bertz CT molecular complexity index is 1190. The molecule has 3 rings (SSSR count). The highest BCUT2D eigenvalue weighted by Crippen LogP contribution is 2.36. The first-order valence-corrected chi connectivity index (χ1v) is 11.0. The van der Waals surface area contributed by atoms with Crippen LogP contribution in [-0.4, -0.2) is 21.4 Å². The van der Waals surface area contributed by atoms with Gasteiger partial charge in [0.15, 0.2) is 0 Å². The molecular weight excluding hydrogens is 405 g/mol. The molecule has 0 radical (unpaired) electrons. The Labute approximate surface area is 162 Å². The molecule has 0 spiro atoms. The molecule has 0 heterocycles. The van der Waals surface area contributed by atoms with Crippen molar-refractivity contribution < 1.29 is 25.8 Å². The summed E-state index contributed by atoms with van der Waals surface area (Å²) in [5.74, 6) is -0.697. The minimum absolute atomic E-state index is 0.0149. The zero-order valence-electron chi connectivity index (χ0n) is 14.4. The van der Waals surface area contributed by atoms with Gasteiger partial charge in [-0.1, -0.05) is 42.5 Å². The van der Waals surface area contributed by atoms with Crippen LogP contribution in [0, 0.1) is 5.82 Å². The van der Waals surface area contributed by atoms with Gasteiger partial charge in [0, 0.05) is 5.56 Å². The zero-order chi connectivity index (χ0) is 20.5. The molecule has 0 saturated heterocycles. The van der Waals surface area contributed by atoms with Crippen molar-refractivity contribution in [1.82, 2.24) is 0 Å². The molecule has 0 saturated carbocycles. The zero-order valence-corrected chi connectivity index (χ0v) is 16.0. The number of hydrogen-bond donors (Lipinski definition) is 2. The van der Waals surface area contributed by atoms with E-state index in [-0.39, 0.29) is 17.5 Å². The standard InChI is InChI=1S/C19H16FNO5S2/c20-15-10-9-14(11-13-5-2-1-3-6-13)16(12-15)19-17(27(21,22)23)7-4-8-18(19)28(24,25)26/h1-10,12H,11H2,(H2,21,22,23)(H,24,25,26). The highest BCUT2D eigenvalue weighted by molar-refractivity contribution is 7.89. The third-order valence-electron chi connectivity index (χ3n) is 4.15. The fraction of sp³-hybridized carbons (Fsp3) is 0.0526. The van der Waals surface area contributed by atoms with Crippen LogP contribution in [0.25, 0.3) is 11.1 Å². The molecule has 0 aliphatic rings. The molecule has 0 aliphatic heterocycles. The lowest BCUT2D eigenvalue weighted by Gasteiger charge is -2.16. The summed E-state index contributed by atoms with van der Waals surface area (Å²) in [5.41, 5.74) is 0.962. The van der Waals surface area contributed by atoms with Crippen molar-refractivity contribution in [2.45, 2.75) is 16.2 Å². The molecule has 0 unspecified atom stereocenters. The van der Waals surface area contributed by atoms with Gasteiger partial charge in [-0.3, -0.25) is 4.55 Å². The minimum atomic E-state index is -4.81. The van der Waals surface area contributed by atoms with Gasteiger partial charge < -0.3 is 0 Å². The van der Waals surface area contributed by atoms with Gasteiger partial charge in [0.25, 0.3) is 10.1 Å². The molecule has 0 fully saturated rings. The van der Waals surface area contributed by atoms with Crippen LogP contribution >= 0.6 is 0 Å². The molecular formula is C19H16FNO5S2. The normalized spacial score (nSPS) is 12.1. The summed E-state index contributed by atoms with van der Waals surface area (Å²) >= 11 is 0. The number of rotatable bonds is 5. The largest absolute Gasteiger partial charge is 0.295 e. The molecule has 3 aromatic rings. The molecule has 9 heteroatoms. The number of nitrogens with two attached hydrogens (primary N) is 1. The Hall–Kier alpha value is -2.59. The van der Waals surface area contributed by atoms with Crippen LogP contribution in [0.2, 0.25) is 0 Å². The summed E-state index contributed by atoms with van der Waals surface area (Å²) in [7, 11) is -9.17. The molecule has 0 atom stereocenters. The van der Waals surface area contributed by atoms with Crippen molar-refractivity contribution in [3.63, 3.8) is 0 Å². The van der Waals surface area contributed by atoms with Gasteiger partial charge in [-0.05, 0) is 47.4 Å². The van der Waals surface area contributed by atoms with Crippen molar-refractivity contribution in [3.05, 3.63) is 83.7 Å². The van der Waals surface area contributed by atoms with Crippen LogP contribution in [-0.2, 0) is 26.6 Å². The molecule has 3 aromatic carbocycles. The highest BCUT2D eigenvalue weighted by Gasteiger charge is 2.26. The van der Waals surface area contributed by atoms with Crippen LogP contribution in [0.4, 0.5) is 4.39 Å². The second kappa shape index (κ2) is 7.44. The summed E-state index contributed by atoms with van der Waals surface area (Å²) in [6.07, 6.45) is 0.278. The fourth-order valence-electron chi connectivity index (χ4n) is 2.98. The monoisotopic (exact) mass is 421 g/mol. The molecule has 28 heavy (non-hydrogen) atoms. The van der Waals surface area contributed by atoms with E-state index in [4.69, 9.17) is 5.14 Å². The van der Waals surface area contributed by atoms with Crippen LogP contribution in [0.5, 0.6) is 0 Å². The quantitative estimate of drug-likeness (QED) is 0.615. The topological polar surface area (TPSA) is 115 Å². The second-order valence-corrected chi connectivity index (χ2v) is 9.03. The van der Waals surface area contributed by atoms with Gasteiger partial charge in [-0.25, -0.2) is 17.9 Å². The number of primary sulfonamides is 1. The van der Waals surface area contributed by atoms with Gasteiger partial charge in [-0.2, -0.15) is 8.42 Å². The van der Waals surface area contributed by atoms with Crippen LogP contribution < -0.4 is 5.14 Å². The molecule has 0 aliphatic carbocycles. The predicted molar refractivity (Wildman–Crippen MR) is 102 cm³/mol. The van der Waals surface area contributed by atoms with E-state index < -0.39 is 35.7 Å². The van der Waals surface area contributed by atoms with Gasteiger partial charge in [0.05, 0.1) is 4.90 Å². The summed E-state index contributed by atoms with van der Waals surface area (Å²) in [6.45, 7) is 0. The summed E-state index contributed by atoms with van der Waals surface area (Å²) < 4.78 is 71.6. The van der Waals surface area contributed by atoms with E-state index in [2.05, 4.69) is 0 Å². The van der Waals surface area contributed by atoms with Gasteiger partial charge in [0.1, 0.15) is 10.7 Å². The Kier molecular flexibility index (Phi) is 5.35. The van der Waals surface area contributed by atoms with Crippen molar-refractivity contribution in [2.24, 2.45) is 5.14 Å². The van der Waals surface area contributed by atoms with E-state index in [1.54, 1.807) is 12.1 Å². The number of halogens is 1. The smallest absolute Gasteiger partial charge is 0.282 e. The number of sulfonamides is 1. The first-order valence-electron chi connectivity index (χ1n) is 8.03. The van der Waals surface area contributed by atoms with E-state index in [9.17, 15) is 25.8 Å². The van der Waals surface area contributed by atoms with E-state index >= 15 is 0 Å².